The Bertz CT molecular complexity index is 521. The maximum atomic E-state index is 11.7. The first kappa shape index (κ1) is 14.5. The average Bonchev–Trinajstić information content (AvgIpc) is 2.32. The zero-order chi connectivity index (χ0) is 14.0. The molecule has 2 N–H and O–H groups in total. The van der Waals surface area contributed by atoms with Gasteiger partial charge in [0.05, 0.1) is 6.04 Å². The normalized spacial score (nSPS) is 21.1. The molecule has 2 rings (SSSR count). The molecule has 2 unspecified atom stereocenters. The number of piperidine rings is 1. The predicted molar refractivity (Wildman–Crippen MR) is 76.9 cm³/mol. The Balaban J connectivity index is 2.06. The SMILES string of the molecule is CC(NC1CCC(=O)NC1=O)c1ccc(Br)cc1Cl. The number of nitrogens with one attached hydrogen (secondary N) is 2. The average molecular weight is 346 g/mol. The van der Waals surface area contributed by atoms with Crippen molar-refractivity contribution in [1.82, 2.24) is 10.6 Å². The second-order valence-corrected chi connectivity index (χ2v) is 5.88. The van der Waals surface area contributed by atoms with Gasteiger partial charge in [-0.15, -0.1) is 0 Å². The summed E-state index contributed by atoms with van der Waals surface area (Å²) in [5.41, 5.74) is 0.926. The van der Waals surface area contributed by atoms with E-state index in [-0.39, 0.29) is 23.9 Å². The summed E-state index contributed by atoms with van der Waals surface area (Å²) in [6, 6.07) is 5.22. The smallest absolute Gasteiger partial charge is 0.243 e. The van der Waals surface area contributed by atoms with Gasteiger partial charge in [-0.25, -0.2) is 0 Å². The van der Waals surface area contributed by atoms with Crippen LogP contribution in [0.15, 0.2) is 22.7 Å². The molecule has 102 valence electrons. The van der Waals surface area contributed by atoms with E-state index in [1.807, 2.05) is 25.1 Å². The number of benzene rings is 1. The van der Waals surface area contributed by atoms with Crippen LogP contribution in [0.1, 0.15) is 31.4 Å². The molecule has 1 aliphatic rings. The van der Waals surface area contributed by atoms with Gasteiger partial charge in [-0.1, -0.05) is 33.6 Å². The van der Waals surface area contributed by atoms with Crippen LogP contribution >= 0.6 is 27.5 Å². The lowest BCUT2D eigenvalue weighted by molar-refractivity contribution is -0.134. The number of hydrogen-bond donors (Lipinski definition) is 2. The first-order chi connectivity index (χ1) is 8.97. The molecule has 1 heterocycles. The number of rotatable bonds is 3. The Hall–Kier alpha value is -0.910. The van der Waals surface area contributed by atoms with E-state index in [4.69, 9.17) is 11.6 Å². The van der Waals surface area contributed by atoms with Crippen LogP contribution in [0.2, 0.25) is 5.02 Å². The minimum Gasteiger partial charge on any atom is -0.299 e. The molecule has 0 bridgehead atoms. The fourth-order valence-corrected chi connectivity index (χ4v) is 2.93. The molecular weight excluding hydrogens is 332 g/mol. The lowest BCUT2D eigenvalue weighted by Crippen LogP contribution is -2.51. The van der Waals surface area contributed by atoms with Crippen molar-refractivity contribution in [2.75, 3.05) is 0 Å². The van der Waals surface area contributed by atoms with Crippen LogP contribution in [0, 0.1) is 0 Å². The molecule has 1 fully saturated rings. The lowest BCUT2D eigenvalue weighted by Gasteiger charge is -2.26. The molecule has 1 saturated heterocycles. The number of amides is 2. The summed E-state index contributed by atoms with van der Waals surface area (Å²) in [7, 11) is 0. The number of imide groups is 1. The lowest BCUT2D eigenvalue weighted by atomic mass is 10.0. The second kappa shape index (κ2) is 6.03. The Morgan fingerprint density at radius 2 is 2.21 bits per heavy atom. The first-order valence-corrected chi connectivity index (χ1v) is 7.19. The van der Waals surface area contributed by atoms with E-state index < -0.39 is 0 Å². The minimum absolute atomic E-state index is 0.0652. The van der Waals surface area contributed by atoms with E-state index in [0.717, 1.165) is 10.0 Å². The van der Waals surface area contributed by atoms with Crippen molar-refractivity contribution in [2.45, 2.75) is 31.8 Å². The first-order valence-electron chi connectivity index (χ1n) is 6.02. The number of hydrogen-bond acceptors (Lipinski definition) is 3. The molecule has 0 aliphatic carbocycles. The molecule has 0 saturated carbocycles. The zero-order valence-electron chi connectivity index (χ0n) is 10.4. The highest BCUT2D eigenvalue weighted by molar-refractivity contribution is 9.10. The molecule has 2 amide bonds. The van der Waals surface area contributed by atoms with Crippen molar-refractivity contribution in [1.29, 1.82) is 0 Å². The second-order valence-electron chi connectivity index (χ2n) is 4.56. The summed E-state index contributed by atoms with van der Waals surface area (Å²) < 4.78 is 0.912. The van der Waals surface area contributed by atoms with Gasteiger partial charge in [0.1, 0.15) is 0 Å². The van der Waals surface area contributed by atoms with Gasteiger partial charge >= 0.3 is 0 Å². The van der Waals surface area contributed by atoms with Gasteiger partial charge in [0.25, 0.3) is 0 Å². The summed E-state index contributed by atoms with van der Waals surface area (Å²) in [4.78, 5) is 22.8. The van der Waals surface area contributed by atoms with Crippen LogP contribution in [0.25, 0.3) is 0 Å². The zero-order valence-corrected chi connectivity index (χ0v) is 12.7. The minimum atomic E-state index is -0.354. The van der Waals surface area contributed by atoms with Crippen molar-refractivity contribution in [3.63, 3.8) is 0 Å². The Labute approximate surface area is 125 Å². The molecule has 1 aromatic carbocycles. The van der Waals surface area contributed by atoms with Crippen LogP contribution in [0.5, 0.6) is 0 Å². The monoisotopic (exact) mass is 344 g/mol. The Morgan fingerprint density at radius 1 is 1.47 bits per heavy atom. The number of halogens is 2. The van der Waals surface area contributed by atoms with Crippen molar-refractivity contribution < 1.29 is 9.59 Å². The third kappa shape index (κ3) is 3.55. The van der Waals surface area contributed by atoms with Crippen molar-refractivity contribution >= 4 is 39.3 Å². The standard InChI is InChI=1S/C13H14BrClN2O2/c1-7(9-3-2-8(14)6-10(9)15)16-11-4-5-12(18)17-13(11)19/h2-3,6-7,11,16H,4-5H2,1H3,(H,17,18,19). The van der Waals surface area contributed by atoms with Gasteiger partial charge in [0.2, 0.25) is 11.8 Å². The molecule has 0 spiro atoms. The van der Waals surface area contributed by atoms with E-state index in [2.05, 4.69) is 26.6 Å². The third-order valence-electron chi connectivity index (χ3n) is 3.12. The molecule has 0 aromatic heterocycles. The molecule has 2 atom stereocenters. The predicted octanol–water partition coefficient (Wildman–Crippen LogP) is 2.56. The highest BCUT2D eigenvalue weighted by Gasteiger charge is 2.28. The topological polar surface area (TPSA) is 58.2 Å². The largest absolute Gasteiger partial charge is 0.299 e. The molecule has 19 heavy (non-hydrogen) atoms. The van der Waals surface area contributed by atoms with Crippen molar-refractivity contribution in [3.8, 4) is 0 Å². The van der Waals surface area contributed by atoms with E-state index >= 15 is 0 Å². The summed E-state index contributed by atoms with van der Waals surface area (Å²) in [6.07, 6.45) is 0.882. The third-order valence-corrected chi connectivity index (χ3v) is 3.94. The molecule has 1 aromatic rings. The van der Waals surface area contributed by atoms with Gasteiger partial charge in [-0.2, -0.15) is 0 Å². The fraction of sp³-hybridized carbons (Fsp3) is 0.385. The van der Waals surface area contributed by atoms with Crippen LogP contribution in [0.3, 0.4) is 0 Å². The van der Waals surface area contributed by atoms with Gasteiger partial charge in [-0.3, -0.25) is 20.2 Å². The quantitative estimate of drug-likeness (QED) is 0.828. The summed E-state index contributed by atoms with van der Waals surface area (Å²) in [5, 5.41) is 6.17. The molecule has 4 nitrogen and oxygen atoms in total. The van der Waals surface area contributed by atoms with Gasteiger partial charge < -0.3 is 0 Å². The van der Waals surface area contributed by atoms with Crippen LogP contribution in [-0.4, -0.2) is 17.9 Å². The summed E-state index contributed by atoms with van der Waals surface area (Å²) in [6.45, 7) is 1.94. The van der Waals surface area contributed by atoms with E-state index in [0.29, 0.717) is 17.9 Å². The highest BCUT2D eigenvalue weighted by Crippen LogP contribution is 2.27. The van der Waals surface area contributed by atoms with Crippen LogP contribution in [0.4, 0.5) is 0 Å². The van der Waals surface area contributed by atoms with E-state index in [1.54, 1.807) is 0 Å². The number of carbonyl (C=O) groups excluding carboxylic acids is 2. The van der Waals surface area contributed by atoms with Gasteiger partial charge in [-0.05, 0) is 31.0 Å². The number of carbonyl (C=O) groups is 2. The van der Waals surface area contributed by atoms with Crippen LogP contribution < -0.4 is 10.6 Å². The van der Waals surface area contributed by atoms with Gasteiger partial charge in [0, 0.05) is 22.0 Å². The Kier molecular flexibility index (Phi) is 4.60. The fourth-order valence-electron chi connectivity index (χ4n) is 2.10. The van der Waals surface area contributed by atoms with Crippen molar-refractivity contribution in [2.24, 2.45) is 0 Å². The van der Waals surface area contributed by atoms with E-state index in [1.165, 1.54) is 0 Å². The summed E-state index contributed by atoms with van der Waals surface area (Å²) in [5.74, 6) is -0.478. The summed E-state index contributed by atoms with van der Waals surface area (Å²) >= 11 is 9.53. The maximum absolute atomic E-state index is 11.7. The molecule has 1 aliphatic heterocycles. The van der Waals surface area contributed by atoms with Crippen molar-refractivity contribution in [3.05, 3.63) is 33.3 Å². The molecule has 6 heteroatoms. The van der Waals surface area contributed by atoms with Gasteiger partial charge in [0.15, 0.2) is 0 Å². The maximum Gasteiger partial charge on any atom is 0.243 e. The van der Waals surface area contributed by atoms with E-state index in [9.17, 15) is 9.59 Å². The highest BCUT2D eigenvalue weighted by atomic mass is 79.9. The molecular formula is C13H14BrClN2O2. The van der Waals surface area contributed by atoms with Crippen LogP contribution in [-0.2, 0) is 9.59 Å². The Morgan fingerprint density at radius 3 is 2.84 bits per heavy atom. The molecule has 0 radical (unpaired) electrons.